The topological polar surface area (TPSA) is 19.0 Å². The van der Waals surface area contributed by atoms with Crippen molar-refractivity contribution in [1.82, 2.24) is 0 Å². The maximum Gasteiger partial charge on any atom is 0.333 e. The van der Waals surface area contributed by atoms with Gasteiger partial charge in [-0.05, 0) is 95.4 Å². The van der Waals surface area contributed by atoms with Gasteiger partial charge < -0.3 is 19.3 Å². The zero-order valence-electron chi connectivity index (χ0n) is 31.6. The van der Waals surface area contributed by atoms with E-state index in [1.54, 1.807) is 0 Å². The number of hydrogen-bond donors (Lipinski definition) is 0. The van der Waals surface area contributed by atoms with Gasteiger partial charge in [-0.3, -0.25) is 0 Å². The van der Waals surface area contributed by atoms with Crippen LogP contribution in [0, 0.1) is 0 Å². The van der Waals surface area contributed by atoms with E-state index in [4.69, 9.17) is 4.74 Å². The SMILES string of the molecule is CC1(C)c2ccccc2Oc2cc3c(cc21)-c1cc(N(c2ccccc2)c2ccccc2)cc2c1B(c1cccc4c1N2c1ccccc1S4)N3c1ccccc1. The number of para-hydroxylation sites is 6. The van der Waals surface area contributed by atoms with E-state index in [-0.39, 0.29) is 12.3 Å². The standard InChI is InChI=1S/C51H36BN3OS/c1-51(2)39-23-12-14-26-45(39)56-46-32-43-37(31-40(46)51)38-29-36(53(33-17-6-3-7-18-33)34-19-8-4-9-20-34)30-44-49(38)52(55(43)35-21-10-5-11-22-35)41-24-16-28-48-50(41)54(44)42-25-13-15-27-47(42)57-48/h3-32H,1-2H3. The lowest BCUT2D eigenvalue weighted by atomic mass is 9.43. The summed E-state index contributed by atoms with van der Waals surface area (Å²) in [6.45, 7) is 4.57. The fraction of sp³-hybridized carbons (Fsp3) is 0.0588. The smallest absolute Gasteiger partial charge is 0.333 e. The Morgan fingerprint density at radius 1 is 0.526 bits per heavy atom. The van der Waals surface area contributed by atoms with Crippen molar-refractivity contribution >= 4 is 75.0 Å². The number of rotatable bonds is 4. The molecular formula is C51H36BN3OS. The van der Waals surface area contributed by atoms with E-state index in [1.807, 2.05) is 11.8 Å². The van der Waals surface area contributed by atoms with Crippen LogP contribution in [-0.4, -0.2) is 6.85 Å². The van der Waals surface area contributed by atoms with Crippen molar-refractivity contribution in [3.8, 4) is 22.6 Å². The Labute approximate surface area is 337 Å². The summed E-state index contributed by atoms with van der Waals surface area (Å²) in [5, 5.41) is 0. The Kier molecular flexibility index (Phi) is 6.97. The van der Waals surface area contributed by atoms with Gasteiger partial charge in [-0.25, -0.2) is 0 Å². The second-order valence-electron chi connectivity index (χ2n) is 15.7. The lowest BCUT2D eigenvalue weighted by Gasteiger charge is -2.48. The summed E-state index contributed by atoms with van der Waals surface area (Å²) in [4.78, 5) is 10.0. The predicted octanol–water partition coefficient (Wildman–Crippen LogP) is 12.8. The van der Waals surface area contributed by atoms with Crippen LogP contribution in [0.2, 0.25) is 0 Å². The number of ether oxygens (including phenoxy) is 1. The van der Waals surface area contributed by atoms with Gasteiger partial charge in [-0.1, -0.05) is 123 Å². The van der Waals surface area contributed by atoms with Crippen LogP contribution in [0.15, 0.2) is 192 Å². The first-order valence-corrected chi connectivity index (χ1v) is 20.4. The predicted molar refractivity (Wildman–Crippen MR) is 238 cm³/mol. The highest BCUT2D eigenvalue weighted by Crippen LogP contribution is 2.57. The van der Waals surface area contributed by atoms with Gasteiger partial charge in [0.15, 0.2) is 0 Å². The number of benzene rings is 8. The number of nitrogens with zero attached hydrogens (tertiary/aromatic N) is 3. The van der Waals surface area contributed by atoms with Crippen molar-refractivity contribution in [2.45, 2.75) is 29.1 Å². The van der Waals surface area contributed by atoms with Crippen molar-refractivity contribution < 1.29 is 4.74 Å². The molecule has 4 nitrogen and oxygen atoms in total. The Morgan fingerprint density at radius 2 is 1.19 bits per heavy atom. The molecule has 0 N–H and O–H groups in total. The summed E-state index contributed by atoms with van der Waals surface area (Å²) >= 11 is 1.87. The molecule has 12 rings (SSSR count). The molecule has 0 saturated heterocycles. The number of anilines is 8. The van der Waals surface area contributed by atoms with Gasteiger partial charge in [0.05, 0.1) is 11.4 Å². The third-order valence-corrected chi connectivity index (χ3v) is 13.3. The van der Waals surface area contributed by atoms with E-state index < -0.39 is 0 Å². The van der Waals surface area contributed by atoms with Crippen molar-refractivity contribution in [3.05, 3.63) is 193 Å². The summed E-state index contributed by atoms with van der Waals surface area (Å²) in [6, 6.07) is 66.4. The highest BCUT2D eigenvalue weighted by molar-refractivity contribution is 7.99. The monoisotopic (exact) mass is 749 g/mol. The van der Waals surface area contributed by atoms with E-state index in [0.717, 1.165) is 39.9 Å². The molecule has 0 spiro atoms. The fourth-order valence-corrected chi connectivity index (χ4v) is 10.8. The molecule has 0 atom stereocenters. The van der Waals surface area contributed by atoms with Crippen molar-refractivity contribution in [2.75, 3.05) is 14.6 Å². The second kappa shape index (κ2) is 12.2. The first-order valence-electron chi connectivity index (χ1n) is 19.6. The molecule has 0 aromatic heterocycles. The first-order chi connectivity index (χ1) is 28.0. The Bertz CT molecular complexity index is 2880. The molecule has 0 aliphatic carbocycles. The molecule has 0 fully saturated rings. The first kappa shape index (κ1) is 32.6. The van der Waals surface area contributed by atoms with Crippen LogP contribution < -0.4 is 30.3 Å². The summed E-state index contributed by atoms with van der Waals surface area (Å²) < 4.78 is 6.86. The van der Waals surface area contributed by atoms with Crippen LogP contribution in [0.25, 0.3) is 11.1 Å². The lowest BCUT2D eigenvalue weighted by molar-refractivity contribution is 0.418. The van der Waals surface area contributed by atoms with E-state index in [2.05, 4.69) is 210 Å². The average molecular weight is 750 g/mol. The number of fused-ring (bicyclic) bond motifs is 8. The number of hydrogen-bond acceptors (Lipinski definition) is 5. The second-order valence-corrected chi connectivity index (χ2v) is 16.8. The minimum absolute atomic E-state index is 0.0974. The Hall–Kier alpha value is -6.63. The third kappa shape index (κ3) is 4.71. The maximum atomic E-state index is 6.86. The third-order valence-electron chi connectivity index (χ3n) is 12.2. The molecule has 0 bridgehead atoms. The van der Waals surface area contributed by atoms with Crippen LogP contribution in [0.5, 0.6) is 11.5 Å². The van der Waals surface area contributed by atoms with E-state index in [9.17, 15) is 0 Å². The minimum atomic E-state index is -0.282. The fourth-order valence-electron chi connectivity index (χ4n) is 9.68. The van der Waals surface area contributed by atoms with Gasteiger partial charge in [0.25, 0.3) is 0 Å². The molecular weight excluding hydrogens is 713 g/mol. The molecule has 8 aromatic rings. The summed E-state index contributed by atoms with van der Waals surface area (Å²) in [7, 11) is 0. The molecule has 4 heterocycles. The largest absolute Gasteiger partial charge is 0.457 e. The van der Waals surface area contributed by atoms with Crippen LogP contribution in [0.3, 0.4) is 0 Å². The minimum Gasteiger partial charge on any atom is -0.457 e. The van der Waals surface area contributed by atoms with Gasteiger partial charge in [-0.2, -0.15) is 0 Å². The normalized spacial score (nSPS) is 14.6. The molecule has 0 radical (unpaired) electrons. The van der Waals surface area contributed by atoms with Gasteiger partial charge >= 0.3 is 6.85 Å². The van der Waals surface area contributed by atoms with Crippen LogP contribution in [0.4, 0.5) is 45.5 Å². The average Bonchev–Trinajstić information content (AvgIpc) is 3.25. The van der Waals surface area contributed by atoms with Crippen molar-refractivity contribution in [1.29, 1.82) is 0 Å². The molecule has 0 unspecified atom stereocenters. The molecule has 8 aromatic carbocycles. The quantitative estimate of drug-likeness (QED) is 0.166. The van der Waals surface area contributed by atoms with Gasteiger partial charge in [0.2, 0.25) is 0 Å². The zero-order chi connectivity index (χ0) is 37.8. The van der Waals surface area contributed by atoms with E-state index >= 15 is 0 Å². The molecule has 4 aliphatic heterocycles. The maximum absolute atomic E-state index is 6.86. The van der Waals surface area contributed by atoms with Gasteiger partial charge in [-0.15, -0.1) is 0 Å². The highest BCUT2D eigenvalue weighted by atomic mass is 32.2. The molecule has 4 aliphatic rings. The van der Waals surface area contributed by atoms with Crippen LogP contribution >= 0.6 is 11.8 Å². The summed E-state index contributed by atoms with van der Waals surface area (Å²) in [5.74, 6) is 1.83. The highest BCUT2D eigenvalue weighted by Gasteiger charge is 2.48. The van der Waals surface area contributed by atoms with Crippen LogP contribution in [-0.2, 0) is 5.41 Å². The Balaban J connectivity index is 1.22. The van der Waals surface area contributed by atoms with Gasteiger partial charge in [0.1, 0.15) is 11.5 Å². The van der Waals surface area contributed by atoms with Gasteiger partial charge in [0, 0.05) is 72.1 Å². The Morgan fingerprint density at radius 3 is 1.96 bits per heavy atom. The molecule has 57 heavy (non-hydrogen) atoms. The van der Waals surface area contributed by atoms with Crippen molar-refractivity contribution in [2.24, 2.45) is 0 Å². The molecule has 0 amide bonds. The summed E-state index contributed by atoms with van der Waals surface area (Å²) in [6.07, 6.45) is 0. The molecule has 270 valence electrons. The zero-order valence-corrected chi connectivity index (χ0v) is 32.4. The van der Waals surface area contributed by atoms with Crippen LogP contribution in [0.1, 0.15) is 25.0 Å². The van der Waals surface area contributed by atoms with E-state index in [0.29, 0.717) is 0 Å². The lowest BCUT2D eigenvalue weighted by Crippen LogP contribution is -2.62. The van der Waals surface area contributed by atoms with E-state index in [1.165, 1.54) is 60.0 Å². The molecule has 6 heteroatoms. The van der Waals surface area contributed by atoms with Crippen molar-refractivity contribution in [3.63, 3.8) is 0 Å². The summed E-state index contributed by atoms with van der Waals surface area (Å²) in [5.41, 5.74) is 16.4. The molecule has 0 saturated carbocycles.